The summed E-state index contributed by atoms with van der Waals surface area (Å²) in [7, 11) is 0. The minimum atomic E-state index is -0.711. The summed E-state index contributed by atoms with van der Waals surface area (Å²) >= 11 is 0. The Hall–Kier alpha value is -1.85. The Kier molecular flexibility index (Phi) is 4.94. The molecule has 0 aromatic carbocycles. The van der Waals surface area contributed by atoms with E-state index < -0.39 is 18.0 Å². The van der Waals surface area contributed by atoms with Crippen molar-refractivity contribution in [2.45, 2.75) is 6.92 Å². The zero-order valence-corrected chi connectivity index (χ0v) is 6.98. The summed E-state index contributed by atoms with van der Waals surface area (Å²) in [4.78, 5) is 29.4. The van der Waals surface area contributed by atoms with E-state index in [0.29, 0.717) is 6.61 Å². The minimum Gasteiger partial charge on any atom is -0.450 e. The van der Waals surface area contributed by atoms with Crippen LogP contribution in [0.5, 0.6) is 0 Å². The number of amides is 1. The summed E-state index contributed by atoms with van der Waals surface area (Å²) in [6, 6.07) is 0. The van der Waals surface area contributed by atoms with E-state index >= 15 is 0 Å². The molecule has 72 valence electrons. The van der Waals surface area contributed by atoms with Crippen LogP contribution in [0.2, 0.25) is 0 Å². The summed E-state index contributed by atoms with van der Waals surface area (Å²) in [5, 5.41) is 0. The van der Waals surface area contributed by atoms with Crippen LogP contribution in [0.25, 0.3) is 0 Å². The largest absolute Gasteiger partial charge is 0.450 e. The van der Waals surface area contributed by atoms with E-state index in [1.165, 1.54) is 0 Å². The fourth-order valence-corrected chi connectivity index (χ4v) is 0.446. The molecule has 6 nitrogen and oxygen atoms in total. The zero-order valence-electron chi connectivity index (χ0n) is 6.98. The van der Waals surface area contributed by atoms with Gasteiger partial charge in [-0.1, -0.05) is 0 Å². The van der Waals surface area contributed by atoms with Crippen LogP contribution in [0, 0.1) is 0 Å². The summed E-state index contributed by atoms with van der Waals surface area (Å²) in [6.45, 7) is 2.06. The first-order valence-corrected chi connectivity index (χ1v) is 3.42. The van der Waals surface area contributed by atoms with Crippen molar-refractivity contribution in [1.29, 1.82) is 0 Å². The van der Waals surface area contributed by atoms with Gasteiger partial charge in [-0.2, -0.15) is 0 Å². The number of ether oxygens (including phenoxy) is 2. The van der Waals surface area contributed by atoms with Gasteiger partial charge >= 0.3 is 18.0 Å². The molecule has 0 aliphatic carbocycles. The van der Waals surface area contributed by atoms with Gasteiger partial charge in [-0.15, -0.1) is 0 Å². The van der Waals surface area contributed by atoms with Crippen molar-refractivity contribution in [3.05, 3.63) is 12.2 Å². The molecule has 0 fully saturated rings. The van der Waals surface area contributed by atoms with Gasteiger partial charge in [0.05, 0.1) is 6.61 Å². The molecular formula is C7H9NO5. The molecule has 1 aliphatic heterocycles. The number of carbonyl (C=O) groups excluding carboxylic acids is 3. The van der Waals surface area contributed by atoms with Crippen molar-refractivity contribution in [1.82, 2.24) is 0 Å². The highest BCUT2D eigenvalue weighted by Crippen LogP contribution is 1.92. The van der Waals surface area contributed by atoms with Crippen molar-refractivity contribution in [2.75, 3.05) is 6.61 Å². The highest BCUT2D eigenvalue weighted by molar-refractivity contribution is 6.04. The molecule has 0 aromatic heterocycles. The van der Waals surface area contributed by atoms with E-state index in [0.717, 1.165) is 12.2 Å². The number of hydrogen-bond donors (Lipinski definition) is 1. The number of nitrogens with two attached hydrogens (primary N) is 1. The van der Waals surface area contributed by atoms with E-state index in [4.69, 9.17) is 0 Å². The Morgan fingerprint density at radius 1 is 1.46 bits per heavy atom. The van der Waals surface area contributed by atoms with Crippen molar-refractivity contribution in [2.24, 2.45) is 5.73 Å². The predicted molar refractivity (Wildman–Crippen MR) is 41.4 cm³/mol. The molecule has 1 amide bonds. The van der Waals surface area contributed by atoms with Gasteiger partial charge in [-0.25, -0.2) is 14.4 Å². The van der Waals surface area contributed by atoms with Crippen LogP contribution in [-0.2, 0) is 19.1 Å². The molecule has 0 radical (unpaired) electrons. The molecule has 1 rings (SSSR count). The van der Waals surface area contributed by atoms with Crippen molar-refractivity contribution >= 4 is 18.0 Å². The molecule has 6 heteroatoms. The summed E-state index contributed by atoms with van der Waals surface area (Å²) in [6.07, 6.45) is 1.46. The molecule has 0 saturated heterocycles. The Bertz CT molecular complexity index is 229. The number of rotatable bonds is 1. The van der Waals surface area contributed by atoms with Crippen LogP contribution < -0.4 is 5.73 Å². The average Bonchev–Trinajstić information content (AvgIpc) is 2.35. The third-order valence-electron chi connectivity index (χ3n) is 0.843. The highest BCUT2D eigenvalue weighted by Gasteiger charge is 2.10. The standard InChI is InChI=1S/C4H2O3.C3H7NO2/c5-3-1-2-4(6)7-3;1-2-6-3(4)5/h1-2H;2H2,1H3,(H2,4,5). The molecule has 0 aromatic rings. The summed E-state index contributed by atoms with van der Waals surface area (Å²) in [5.41, 5.74) is 4.54. The molecule has 0 bridgehead atoms. The number of esters is 2. The quantitative estimate of drug-likeness (QED) is 0.450. The number of primary amides is 1. The number of hydrogen-bond acceptors (Lipinski definition) is 5. The van der Waals surface area contributed by atoms with Gasteiger partial charge in [0.15, 0.2) is 0 Å². The Morgan fingerprint density at radius 2 is 1.92 bits per heavy atom. The maximum Gasteiger partial charge on any atom is 0.404 e. The van der Waals surface area contributed by atoms with Crippen molar-refractivity contribution in [3.63, 3.8) is 0 Å². The minimum absolute atomic E-state index is 0.356. The van der Waals surface area contributed by atoms with Crippen LogP contribution in [0.15, 0.2) is 12.2 Å². The molecule has 1 aliphatic rings. The average molecular weight is 187 g/mol. The molecule has 0 saturated carbocycles. The smallest absolute Gasteiger partial charge is 0.404 e. The first-order valence-electron chi connectivity index (χ1n) is 3.42. The maximum atomic E-state index is 9.92. The molecule has 0 spiro atoms. The topological polar surface area (TPSA) is 95.7 Å². The van der Waals surface area contributed by atoms with Crippen LogP contribution in [0.3, 0.4) is 0 Å². The lowest BCUT2D eigenvalue weighted by Gasteiger charge is -1.89. The predicted octanol–water partition coefficient (Wildman–Crippen LogP) is -0.272. The van der Waals surface area contributed by atoms with E-state index in [-0.39, 0.29) is 0 Å². The van der Waals surface area contributed by atoms with Crippen molar-refractivity contribution in [3.8, 4) is 0 Å². The van der Waals surface area contributed by atoms with Gasteiger partial charge in [0.2, 0.25) is 0 Å². The third kappa shape index (κ3) is 6.54. The molecular weight excluding hydrogens is 178 g/mol. The third-order valence-corrected chi connectivity index (χ3v) is 0.843. The number of cyclic esters (lactones) is 2. The van der Waals surface area contributed by atoms with Gasteiger partial charge < -0.3 is 15.2 Å². The summed E-state index contributed by atoms with van der Waals surface area (Å²) < 4.78 is 8.15. The normalized spacial score (nSPS) is 13.0. The maximum absolute atomic E-state index is 9.92. The van der Waals surface area contributed by atoms with E-state index in [1.54, 1.807) is 6.92 Å². The van der Waals surface area contributed by atoms with E-state index in [2.05, 4.69) is 15.2 Å². The number of carbonyl (C=O) groups is 3. The first kappa shape index (κ1) is 11.2. The fourth-order valence-electron chi connectivity index (χ4n) is 0.446. The highest BCUT2D eigenvalue weighted by atomic mass is 16.6. The Labute approximate surface area is 74.3 Å². The first-order chi connectivity index (χ1) is 6.06. The van der Waals surface area contributed by atoms with Gasteiger partial charge in [-0.05, 0) is 6.92 Å². The van der Waals surface area contributed by atoms with Gasteiger partial charge in [0, 0.05) is 12.2 Å². The molecule has 0 atom stereocenters. The lowest BCUT2D eigenvalue weighted by molar-refractivity contribution is -0.150. The molecule has 1 heterocycles. The van der Waals surface area contributed by atoms with E-state index in [9.17, 15) is 14.4 Å². The molecule has 2 N–H and O–H groups in total. The van der Waals surface area contributed by atoms with Crippen LogP contribution >= 0.6 is 0 Å². The lowest BCUT2D eigenvalue weighted by atomic mass is 10.6. The van der Waals surface area contributed by atoms with E-state index in [1.807, 2.05) is 0 Å². The van der Waals surface area contributed by atoms with Gasteiger partial charge in [0.1, 0.15) is 0 Å². The summed E-state index contributed by atoms with van der Waals surface area (Å²) in [5.74, 6) is -1.16. The molecule has 0 unspecified atom stereocenters. The SMILES string of the molecule is CCOC(N)=O.O=C1C=CC(=O)O1. The van der Waals surface area contributed by atoms with Gasteiger partial charge in [-0.3, -0.25) is 0 Å². The van der Waals surface area contributed by atoms with Crippen LogP contribution in [0.1, 0.15) is 6.92 Å². The van der Waals surface area contributed by atoms with Crippen molar-refractivity contribution < 1.29 is 23.9 Å². The van der Waals surface area contributed by atoms with Crippen LogP contribution in [0.4, 0.5) is 4.79 Å². The van der Waals surface area contributed by atoms with Crippen LogP contribution in [-0.4, -0.2) is 24.6 Å². The molecule has 13 heavy (non-hydrogen) atoms. The zero-order chi connectivity index (χ0) is 10.3. The Morgan fingerprint density at radius 3 is 2.00 bits per heavy atom. The monoisotopic (exact) mass is 187 g/mol. The lowest BCUT2D eigenvalue weighted by Crippen LogP contribution is -2.11. The fraction of sp³-hybridized carbons (Fsp3) is 0.286. The Balaban J connectivity index is 0.000000226. The second kappa shape index (κ2) is 5.76. The second-order valence-corrected chi connectivity index (χ2v) is 1.83. The second-order valence-electron chi connectivity index (χ2n) is 1.83. The van der Waals surface area contributed by atoms with Gasteiger partial charge in [0.25, 0.3) is 0 Å².